The van der Waals surface area contributed by atoms with E-state index in [1.54, 1.807) is 19.1 Å². The van der Waals surface area contributed by atoms with Crippen molar-refractivity contribution >= 4 is 23.2 Å². The molecular formula is C40H38F6N6O2. The molecule has 2 aromatic heterocycles. The van der Waals surface area contributed by atoms with Crippen LogP contribution in [0.3, 0.4) is 0 Å². The van der Waals surface area contributed by atoms with Gasteiger partial charge in [-0.1, -0.05) is 81.4 Å². The number of nitrogens with one attached hydrogen (secondary N) is 3. The van der Waals surface area contributed by atoms with Crippen molar-refractivity contribution < 1.29 is 35.9 Å². The topological polar surface area (TPSA) is 105 Å². The maximum atomic E-state index is 16.1. The Morgan fingerprint density at radius 3 is 1.74 bits per heavy atom. The maximum absolute atomic E-state index is 16.1. The highest BCUT2D eigenvalue weighted by molar-refractivity contribution is 6.04. The molecule has 0 spiro atoms. The first-order valence-corrected chi connectivity index (χ1v) is 17.7. The first-order chi connectivity index (χ1) is 25.2. The molecule has 282 valence electrons. The SMILES string of the molecule is Cc1[nH]nc2c1[C@@](c1ccccc1)(C(F)(F)F)C1=C(CC(C)(Cn3nc4c(c3C)[C@](c3ccccc3)(C(F)(F)F)C3=C(CC(C)(C)CC3=O)N4)CC1=O)N2. The molecule has 4 aromatic rings. The smallest absolute Gasteiger partial charge is 0.342 e. The molecule has 0 amide bonds. The lowest BCUT2D eigenvalue weighted by molar-refractivity contribution is -0.171. The highest BCUT2D eigenvalue weighted by Crippen LogP contribution is 2.62. The van der Waals surface area contributed by atoms with Crippen LogP contribution < -0.4 is 10.6 Å². The Hall–Kier alpha value is -5.14. The standard InChI is InChI=1S/C40H38F6N6O2/c1-21-29-33(50-49-21)47-26-17-36(5,19-28(54)32(26)37(29,39(41,42)43)23-12-8-6-9-13-23)20-52-22(2)30-34(51-52)48-25-16-35(3,4)18-27(53)31(25)38(30,40(44,45)46)24-14-10-7-11-15-24/h6-15H,16-20H2,1-5H3,(H,48,51)(H2,47,49,50)/t36?,37-,38+/m1/s1. The van der Waals surface area contributed by atoms with E-state index in [0.717, 1.165) is 0 Å². The number of Topliss-reactive ketones (excluding diaryl/α,β-unsaturated/α-hetero) is 2. The predicted octanol–water partition coefficient (Wildman–Crippen LogP) is 8.74. The molecule has 8 nitrogen and oxygen atoms in total. The number of anilines is 2. The molecule has 3 atom stereocenters. The summed E-state index contributed by atoms with van der Waals surface area (Å²) in [6.07, 6.45) is -10.2. The molecular weight excluding hydrogens is 710 g/mol. The summed E-state index contributed by atoms with van der Waals surface area (Å²) < 4.78 is 97.0. The van der Waals surface area contributed by atoms with Crippen LogP contribution in [-0.4, -0.2) is 43.9 Å². The third kappa shape index (κ3) is 4.83. The third-order valence-electron chi connectivity index (χ3n) is 11.6. The van der Waals surface area contributed by atoms with Crippen LogP contribution in [0.4, 0.5) is 38.0 Å². The molecule has 14 heteroatoms. The average Bonchev–Trinajstić information content (AvgIpc) is 3.59. The van der Waals surface area contributed by atoms with E-state index in [1.807, 2.05) is 13.8 Å². The van der Waals surface area contributed by atoms with Crippen LogP contribution in [0.25, 0.3) is 0 Å². The number of aromatic amines is 1. The number of ketones is 2. The number of carbonyl (C=O) groups is 2. The van der Waals surface area contributed by atoms with Crippen molar-refractivity contribution in [2.45, 2.75) is 90.0 Å². The van der Waals surface area contributed by atoms with Crippen molar-refractivity contribution in [3.8, 4) is 0 Å². The number of hydrogen-bond donors (Lipinski definition) is 3. The first-order valence-electron chi connectivity index (χ1n) is 17.7. The third-order valence-corrected chi connectivity index (χ3v) is 11.6. The number of allylic oxidation sites excluding steroid dienone is 4. The molecule has 0 radical (unpaired) electrons. The number of aromatic nitrogens is 4. The molecule has 3 N–H and O–H groups in total. The van der Waals surface area contributed by atoms with E-state index >= 15 is 26.3 Å². The van der Waals surface area contributed by atoms with Gasteiger partial charge in [0.15, 0.2) is 34.0 Å². The van der Waals surface area contributed by atoms with Crippen LogP contribution in [0.15, 0.2) is 83.2 Å². The Balaban J connectivity index is 1.28. The molecule has 0 bridgehead atoms. The Morgan fingerprint density at radius 1 is 0.685 bits per heavy atom. The van der Waals surface area contributed by atoms with Gasteiger partial charge < -0.3 is 10.6 Å². The Labute approximate surface area is 307 Å². The van der Waals surface area contributed by atoms with Crippen LogP contribution in [-0.2, 0) is 27.0 Å². The highest BCUT2D eigenvalue weighted by atomic mass is 19.4. The summed E-state index contributed by atoms with van der Waals surface area (Å²) >= 11 is 0. The van der Waals surface area contributed by atoms with Gasteiger partial charge in [0.05, 0.1) is 0 Å². The normalized spacial score (nSPS) is 26.4. The summed E-state index contributed by atoms with van der Waals surface area (Å²) in [4.78, 5) is 28.3. The average molecular weight is 749 g/mol. The summed E-state index contributed by atoms with van der Waals surface area (Å²) in [6, 6.07) is 14.6. The van der Waals surface area contributed by atoms with E-state index in [-0.39, 0.29) is 94.5 Å². The molecule has 8 rings (SSSR count). The van der Waals surface area contributed by atoms with Crippen LogP contribution >= 0.6 is 0 Å². The molecule has 0 fully saturated rings. The minimum atomic E-state index is -4.98. The van der Waals surface area contributed by atoms with E-state index in [4.69, 9.17) is 0 Å². The maximum Gasteiger partial charge on any atom is 0.406 e. The van der Waals surface area contributed by atoms with E-state index < -0.39 is 51.2 Å². The largest absolute Gasteiger partial charge is 0.406 e. The van der Waals surface area contributed by atoms with E-state index in [9.17, 15) is 9.59 Å². The summed E-state index contributed by atoms with van der Waals surface area (Å²) in [5, 5.41) is 17.7. The summed E-state index contributed by atoms with van der Waals surface area (Å²) in [7, 11) is 0. The van der Waals surface area contributed by atoms with Crippen molar-refractivity contribution in [2.24, 2.45) is 10.8 Å². The van der Waals surface area contributed by atoms with Crippen molar-refractivity contribution in [2.75, 3.05) is 10.6 Å². The fourth-order valence-electron chi connectivity index (χ4n) is 9.70. The second-order valence-corrected chi connectivity index (χ2v) is 16.3. The number of nitrogens with zero attached hydrogens (tertiary/aromatic N) is 3. The van der Waals surface area contributed by atoms with E-state index in [1.165, 1.54) is 67.1 Å². The van der Waals surface area contributed by atoms with Gasteiger partial charge in [0.2, 0.25) is 0 Å². The molecule has 1 unspecified atom stereocenters. The lowest BCUT2D eigenvalue weighted by atomic mass is 9.59. The number of hydrogen-bond acceptors (Lipinski definition) is 6. The number of fused-ring (bicyclic) bond motifs is 2. The number of aryl methyl sites for hydroxylation is 1. The van der Waals surface area contributed by atoms with Gasteiger partial charge in [-0.05, 0) is 48.6 Å². The van der Waals surface area contributed by atoms with Crippen molar-refractivity contribution in [1.29, 1.82) is 0 Å². The zero-order valence-electron chi connectivity index (χ0n) is 30.2. The summed E-state index contributed by atoms with van der Waals surface area (Å²) in [5.74, 6) is -1.47. The van der Waals surface area contributed by atoms with Gasteiger partial charge in [-0.15, -0.1) is 0 Å². The van der Waals surface area contributed by atoms with Crippen molar-refractivity contribution in [3.63, 3.8) is 0 Å². The first kappa shape index (κ1) is 35.9. The quantitative estimate of drug-likeness (QED) is 0.181. The zero-order valence-corrected chi connectivity index (χ0v) is 30.2. The lowest BCUT2D eigenvalue weighted by Gasteiger charge is -2.47. The van der Waals surface area contributed by atoms with E-state index in [2.05, 4.69) is 25.9 Å². The highest BCUT2D eigenvalue weighted by Gasteiger charge is 2.68. The number of carbonyl (C=O) groups excluding carboxylic acids is 2. The second-order valence-electron chi connectivity index (χ2n) is 16.3. The fourth-order valence-corrected chi connectivity index (χ4v) is 9.70. The number of benzene rings is 2. The van der Waals surface area contributed by atoms with Gasteiger partial charge >= 0.3 is 12.4 Å². The summed E-state index contributed by atoms with van der Waals surface area (Å²) in [5.41, 5.74) is -8.35. The molecule has 54 heavy (non-hydrogen) atoms. The van der Waals surface area contributed by atoms with Gasteiger partial charge in [0, 0.05) is 64.4 Å². The minimum absolute atomic E-state index is 0.0421. The molecule has 0 saturated heterocycles. The molecule has 4 heterocycles. The van der Waals surface area contributed by atoms with E-state index in [0.29, 0.717) is 0 Å². The fraction of sp³-hybridized carbons (Fsp3) is 0.400. The molecule has 4 aliphatic rings. The predicted molar refractivity (Wildman–Crippen MR) is 189 cm³/mol. The molecule has 2 aliphatic carbocycles. The van der Waals surface area contributed by atoms with Crippen LogP contribution in [0.2, 0.25) is 0 Å². The van der Waals surface area contributed by atoms with Crippen molar-refractivity contribution in [1.82, 2.24) is 20.0 Å². The number of rotatable bonds is 4. The van der Waals surface area contributed by atoms with Crippen LogP contribution in [0.5, 0.6) is 0 Å². The number of alkyl halides is 6. The molecule has 2 aromatic carbocycles. The van der Waals surface area contributed by atoms with Gasteiger partial charge in [-0.3, -0.25) is 19.4 Å². The summed E-state index contributed by atoms with van der Waals surface area (Å²) in [6.45, 7) is 8.25. The van der Waals surface area contributed by atoms with Crippen LogP contribution in [0.1, 0.15) is 80.1 Å². The van der Waals surface area contributed by atoms with Gasteiger partial charge in [-0.2, -0.15) is 36.5 Å². The Morgan fingerprint density at radius 2 is 1.19 bits per heavy atom. The Kier molecular flexibility index (Phi) is 7.60. The lowest BCUT2D eigenvalue weighted by Crippen LogP contribution is -2.53. The van der Waals surface area contributed by atoms with Gasteiger partial charge in [0.1, 0.15) is 0 Å². The van der Waals surface area contributed by atoms with Crippen LogP contribution in [0, 0.1) is 24.7 Å². The minimum Gasteiger partial charge on any atom is -0.342 e. The molecule has 2 aliphatic heterocycles. The molecule has 0 saturated carbocycles. The monoisotopic (exact) mass is 748 g/mol. The Bertz CT molecular complexity index is 2300. The van der Waals surface area contributed by atoms with Gasteiger partial charge in [-0.25, -0.2) is 0 Å². The second kappa shape index (κ2) is 11.4. The van der Waals surface area contributed by atoms with Crippen molar-refractivity contribution in [3.05, 3.63) is 117 Å². The van der Waals surface area contributed by atoms with Gasteiger partial charge in [0.25, 0.3) is 0 Å². The zero-order chi connectivity index (χ0) is 38.8. The number of H-pyrrole nitrogens is 1. The number of halogens is 6.